The second kappa shape index (κ2) is 9.58. The van der Waals surface area contributed by atoms with Crippen molar-refractivity contribution in [3.63, 3.8) is 0 Å². The molecule has 0 aliphatic heterocycles. The first-order valence-electron chi connectivity index (χ1n) is 13.8. The monoisotopic (exact) mass is 524 g/mol. The van der Waals surface area contributed by atoms with Crippen LogP contribution in [0.15, 0.2) is 150 Å². The Labute approximate surface area is 237 Å². The van der Waals surface area contributed by atoms with Gasteiger partial charge in [0.25, 0.3) is 0 Å². The maximum Gasteiger partial charge on any atom is 0.161 e. The fourth-order valence-corrected chi connectivity index (χ4v) is 5.70. The number of fused-ring (bicyclic) bond motifs is 5. The van der Waals surface area contributed by atoms with Crippen molar-refractivity contribution in [2.75, 3.05) is 0 Å². The van der Waals surface area contributed by atoms with Crippen LogP contribution >= 0.6 is 0 Å². The van der Waals surface area contributed by atoms with Crippen molar-refractivity contribution in [1.82, 2.24) is 9.97 Å². The third-order valence-electron chi connectivity index (χ3n) is 7.70. The van der Waals surface area contributed by atoms with Gasteiger partial charge in [-0.05, 0) is 40.8 Å². The van der Waals surface area contributed by atoms with E-state index in [0.29, 0.717) is 5.82 Å². The summed E-state index contributed by atoms with van der Waals surface area (Å²) in [5, 5.41) is 4.35. The summed E-state index contributed by atoms with van der Waals surface area (Å²) in [7, 11) is 0. The molecule has 0 aliphatic rings. The number of hydrogen-bond acceptors (Lipinski definition) is 3. The Morgan fingerprint density at radius 1 is 0.390 bits per heavy atom. The minimum atomic E-state index is 0.688. The second-order valence-electron chi connectivity index (χ2n) is 10.2. The van der Waals surface area contributed by atoms with E-state index in [1.54, 1.807) is 0 Å². The van der Waals surface area contributed by atoms with Gasteiger partial charge in [0, 0.05) is 32.8 Å². The van der Waals surface area contributed by atoms with Crippen LogP contribution in [0.5, 0.6) is 0 Å². The van der Waals surface area contributed by atoms with Crippen LogP contribution in [0.3, 0.4) is 0 Å². The van der Waals surface area contributed by atoms with Gasteiger partial charge in [-0.1, -0.05) is 121 Å². The Morgan fingerprint density at radius 2 is 0.976 bits per heavy atom. The maximum atomic E-state index is 6.36. The molecule has 0 N–H and O–H groups in total. The molecule has 0 radical (unpaired) electrons. The molecule has 0 amide bonds. The zero-order valence-electron chi connectivity index (χ0n) is 22.2. The average molecular weight is 525 g/mol. The molecule has 2 heterocycles. The molecule has 3 heteroatoms. The van der Waals surface area contributed by atoms with Crippen molar-refractivity contribution in [2.45, 2.75) is 0 Å². The summed E-state index contributed by atoms with van der Waals surface area (Å²) in [5.74, 6) is 0.688. The summed E-state index contributed by atoms with van der Waals surface area (Å²) in [5.41, 5.74) is 8.96. The molecule has 0 fully saturated rings. The fraction of sp³-hybridized carbons (Fsp3) is 0. The molecule has 0 bridgehead atoms. The smallest absolute Gasteiger partial charge is 0.161 e. The van der Waals surface area contributed by atoms with Crippen molar-refractivity contribution < 1.29 is 4.42 Å². The van der Waals surface area contributed by atoms with Gasteiger partial charge >= 0.3 is 0 Å². The topological polar surface area (TPSA) is 38.9 Å². The standard InChI is InChI=1S/C38H24N2O/c1-3-11-25(12-4-1)27-15-9-16-28(23-27)35-24-34(26-13-5-2-6-14-26)39-38(40-35)33-19-10-18-31-29(33)21-22-32-30-17-7-8-20-36(30)41-37(31)32/h1-24H. The number of rotatable bonds is 4. The number of para-hydroxylation sites is 1. The quantitative estimate of drug-likeness (QED) is 0.230. The van der Waals surface area contributed by atoms with Gasteiger partial charge in [-0.2, -0.15) is 0 Å². The van der Waals surface area contributed by atoms with Crippen molar-refractivity contribution in [2.24, 2.45) is 0 Å². The minimum Gasteiger partial charge on any atom is -0.455 e. The molecule has 8 rings (SSSR count). The summed E-state index contributed by atoms with van der Waals surface area (Å²) < 4.78 is 6.36. The van der Waals surface area contributed by atoms with E-state index in [2.05, 4.69) is 109 Å². The van der Waals surface area contributed by atoms with Crippen molar-refractivity contribution in [3.05, 3.63) is 146 Å². The molecular formula is C38H24N2O. The molecule has 3 nitrogen and oxygen atoms in total. The van der Waals surface area contributed by atoms with Gasteiger partial charge in [0.1, 0.15) is 11.2 Å². The first-order chi connectivity index (χ1) is 20.3. The number of nitrogens with zero attached hydrogens (tertiary/aromatic N) is 2. The van der Waals surface area contributed by atoms with Crippen LogP contribution in [0.2, 0.25) is 0 Å². The van der Waals surface area contributed by atoms with Gasteiger partial charge in [-0.15, -0.1) is 0 Å². The molecule has 0 saturated carbocycles. The molecule has 6 aromatic carbocycles. The SMILES string of the molecule is c1ccc(-c2cccc(-c3cc(-c4ccccc4)nc(-c4cccc5c4ccc4c6ccccc6oc54)n3)c2)cc1. The molecule has 0 saturated heterocycles. The molecular weight excluding hydrogens is 500 g/mol. The van der Waals surface area contributed by atoms with Crippen LogP contribution < -0.4 is 0 Å². The number of benzene rings is 6. The fourth-order valence-electron chi connectivity index (χ4n) is 5.70. The lowest BCUT2D eigenvalue weighted by molar-refractivity contribution is 0.672. The lowest BCUT2D eigenvalue weighted by Gasteiger charge is -2.12. The molecule has 0 aliphatic carbocycles. The third-order valence-corrected chi connectivity index (χ3v) is 7.70. The van der Waals surface area contributed by atoms with Crippen molar-refractivity contribution >= 4 is 32.7 Å². The zero-order valence-corrected chi connectivity index (χ0v) is 22.2. The lowest BCUT2D eigenvalue weighted by atomic mass is 9.99. The first-order valence-corrected chi connectivity index (χ1v) is 13.8. The Morgan fingerprint density at radius 3 is 1.80 bits per heavy atom. The normalized spacial score (nSPS) is 11.4. The molecule has 8 aromatic rings. The summed E-state index contributed by atoms with van der Waals surface area (Å²) in [4.78, 5) is 10.3. The van der Waals surface area contributed by atoms with E-state index in [-0.39, 0.29) is 0 Å². The second-order valence-corrected chi connectivity index (χ2v) is 10.2. The Bertz CT molecular complexity index is 2200. The summed E-state index contributed by atoms with van der Waals surface area (Å²) in [6, 6.07) is 50.2. The Hall–Kier alpha value is -5.54. The van der Waals surface area contributed by atoms with E-state index in [1.165, 1.54) is 5.56 Å². The van der Waals surface area contributed by atoms with Crippen LogP contribution in [0.25, 0.3) is 77.7 Å². The summed E-state index contributed by atoms with van der Waals surface area (Å²) in [6.07, 6.45) is 0. The molecule has 192 valence electrons. The van der Waals surface area contributed by atoms with Crippen LogP contribution in [0.4, 0.5) is 0 Å². The Balaban J connectivity index is 1.35. The zero-order chi connectivity index (χ0) is 27.2. The number of furan rings is 1. The number of aromatic nitrogens is 2. The van der Waals surface area contributed by atoms with Gasteiger partial charge in [-0.25, -0.2) is 9.97 Å². The predicted octanol–water partition coefficient (Wildman–Crippen LogP) is 10.2. The lowest BCUT2D eigenvalue weighted by Crippen LogP contribution is -1.96. The summed E-state index contributed by atoms with van der Waals surface area (Å²) >= 11 is 0. The van der Waals surface area contributed by atoms with Gasteiger partial charge in [-0.3, -0.25) is 0 Å². The molecule has 41 heavy (non-hydrogen) atoms. The largest absolute Gasteiger partial charge is 0.455 e. The van der Waals surface area contributed by atoms with Crippen LogP contribution in [0, 0.1) is 0 Å². The third kappa shape index (κ3) is 4.07. The van der Waals surface area contributed by atoms with Crippen LogP contribution in [-0.2, 0) is 0 Å². The maximum absolute atomic E-state index is 6.36. The van der Waals surface area contributed by atoms with Crippen LogP contribution in [-0.4, -0.2) is 9.97 Å². The molecule has 0 atom stereocenters. The Kier molecular flexibility index (Phi) is 5.46. The molecule has 0 unspecified atom stereocenters. The van der Waals surface area contributed by atoms with Crippen molar-refractivity contribution in [3.8, 4) is 45.0 Å². The highest BCUT2D eigenvalue weighted by atomic mass is 16.3. The van der Waals surface area contributed by atoms with Gasteiger partial charge in [0.15, 0.2) is 5.82 Å². The van der Waals surface area contributed by atoms with Gasteiger partial charge in [0.05, 0.1) is 11.4 Å². The highest BCUT2D eigenvalue weighted by molar-refractivity contribution is 6.17. The van der Waals surface area contributed by atoms with E-state index >= 15 is 0 Å². The first kappa shape index (κ1) is 23.4. The highest BCUT2D eigenvalue weighted by Crippen LogP contribution is 2.38. The van der Waals surface area contributed by atoms with E-state index < -0.39 is 0 Å². The van der Waals surface area contributed by atoms with E-state index in [9.17, 15) is 0 Å². The average Bonchev–Trinajstić information content (AvgIpc) is 3.44. The molecule has 0 spiro atoms. The van der Waals surface area contributed by atoms with E-state index in [4.69, 9.17) is 14.4 Å². The van der Waals surface area contributed by atoms with E-state index in [0.717, 1.165) is 66.4 Å². The highest BCUT2D eigenvalue weighted by Gasteiger charge is 2.16. The van der Waals surface area contributed by atoms with Crippen LogP contribution in [0.1, 0.15) is 0 Å². The molecule has 2 aromatic heterocycles. The van der Waals surface area contributed by atoms with E-state index in [1.807, 2.05) is 36.4 Å². The van der Waals surface area contributed by atoms with Gasteiger partial charge in [0.2, 0.25) is 0 Å². The number of hydrogen-bond donors (Lipinski definition) is 0. The predicted molar refractivity (Wildman–Crippen MR) is 169 cm³/mol. The van der Waals surface area contributed by atoms with Crippen molar-refractivity contribution in [1.29, 1.82) is 0 Å². The summed E-state index contributed by atoms with van der Waals surface area (Å²) in [6.45, 7) is 0. The minimum absolute atomic E-state index is 0.688. The van der Waals surface area contributed by atoms with Gasteiger partial charge < -0.3 is 4.42 Å².